The Labute approximate surface area is 114 Å². The van der Waals surface area contributed by atoms with E-state index in [1.807, 2.05) is 0 Å². The molecule has 0 heterocycles. The van der Waals surface area contributed by atoms with E-state index >= 15 is 0 Å². The minimum atomic E-state index is -2.88. The lowest BCUT2D eigenvalue weighted by Gasteiger charge is -2.10. The Morgan fingerprint density at radius 2 is 2.26 bits per heavy atom. The second-order valence-electron chi connectivity index (χ2n) is 4.25. The average molecular weight is 290 g/mol. The van der Waals surface area contributed by atoms with Gasteiger partial charge in [-0.25, -0.2) is 4.99 Å². The third kappa shape index (κ3) is 4.55. The molecule has 0 aromatic heterocycles. The molecule has 104 valence electrons. The first kappa shape index (κ1) is 13.9. The van der Waals surface area contributed by atoms with Gasteiger partial charge < -0.3 is 15.8 Å². The lowest BCUT2D eigenvalue weighted by atomic mass is 10.2. The van der Waals surface area contributed by atoms with Crippen molar-refractivity contribution in [3.8, 4) is 5.75 Å². The summed E-state index contributed by atoms with van der Waals surface area (Å²) in [7, 11) is 0. The van der Waals surface area contributed by atoms with Crippen LogP contribution in [-0.4, -0.2) is 18.6 Å². The fourth-order valence-electron chi connectivity index (χ4n) is 1.54. The fourth-order valence-corrected chi connectivity index (χ4v) is 1.73. The van der Waals surface area contributed by atoms with E-state index in [2.05, 4.69) is 15.0 Å². The van der Waals surface area contributed by atoms with E-state index in [1.165, 1.54) is 18.2 Å². The van der Waals surface area contributed by atoms with Crippen LogP contribution in [0.1, 0.15) is 18.4 Å². The van der Waals surface area contributed by atoms with Crippen molar-refractivity contribution in [3.05, 3.63) is 28.8 Å². The first-order valence-electron chi connectivity index (χ1n) is 5.84. The summed E-state index contributed by atoms with van der Waals surface area (Å²) in [4.78, 5) is 4.08. The molecule has 1 aromatic rings. The van der Waals surface area contributed by atoms with E-state index in [-0.39, 0.29) is 12.3 Å². The van der Waals surface area contributed by atoms with Crippen LogP contribution in [0.5, 0.6) is 5.75 Å². The van der Waals surface area contributed by atoms with Gasteiger partial charge in [-0.15, -0.1) is 0 Å². The normalized spacial score (nSPS) is 15.7. The van der Waals surface area contributed by atoms with Crippen LogP contribution < -0.4 is 15.8 Å². The Kier molecular flexibility index (Phi) is 4.42. The van der Waals surface area contributed by atoms with E-state index in [9.17, 15) is 8.78 Å². The van der Waals surface area contributed by atoms with Crippen LogP contribution in [0.15, 0.2) is 23.2 Å². The largest absolute Gasteiger partial charge is 0.434 e. The molecule has 0 saturated heterocycles. The Bertz CT molecular complexity index is 478. The molecule has 0 atom stereocenters. The Morgan fingerprint density at radius 1 is 1.53 bits per heavy atom. The van der Waals surface area contributed by atoms with Crippen LogP contribution in [0.3, 0.4) is 0 Å². The van der Waals surface area contributed by atoms with Gasteiger partial charge in [0.1, 0.15) is 5.75 Å². The highest BCUT2D eigenvalue weighted by molar-refractivity contribution is 6.30. The summed E-state index contributed by atoms with van der Waals surface area (Å²) in [5.41, 5.74) is 6.13. The van der Waals surface area contributed by atoms with Gasteiger partial charge in [0.25, 0.3) is 0 Å². The number of hydrogen-bond acceptors (Lipinski definition) is 2. The molecule has 0 unspecified atom stereocenters. The van der Waals surface area contributed by atoms with E-state index in [0.29, 0.717) is 22.6 Å². The first-order chi connectivity index (χ1) is 9.04. The Balaban J connectivity index is 2.06. The first-order valence-corrected chi connectivity index (χ1v) is 6.22. The SMILES string of the molecule is NC(=NCc1cc(Cl)ccc1OC(F)F)NC1CC1. The molecule has 2 rings (SSSR count). The lowest BCUT2D eigenvalue weighted by molar-refractivity contribution is -0.0504. The van der Waals surface area contributed by atoms with Crippen molar-refractivity contribution in [3.63, 3.8) is 0 Å². The van der Waals surface area contributed by atoms with Gasteiger partial charge >= 0.3 is 6.61 Å². The maximum absolute atomic E-state index is 12.3. The van der Waals surface area contributed by atoms with Gasteiger partial charge in [0.2, 0.25) is 0 Å². The number of benzene rings is 1. The average Bonchev–Trinajstić information content (AvgIpc) is 3.13. The van der Waals surface area contributed by atoms with Gasteiger partial charge in [-0.3, -0.25) is 0 Å². The lowest BCUT2D eigenvalue weighted by Crippen LogP contribution is -2.33. The molecule has 1 aliphatic rings. The molecule has 3 N–H and O–H groups in total. The maximum Gasteiger partial charge on any atom is 0.387 e. The van der Waals surface area contributed by atoms with Crippen LogP contribution >= 0.6 is 11.6 Å². The number of aliphatic imine (C=N–C) groups is 1. The number of nitrogens with zero attached hydrogens (tertiary/aromatic N) is 1. The summed E-state index contributed by atoms with van der Waals surface area (Å²) < 4.78 is 28.9. The number of nitrogens with two attached hydrogens (primary N) is 1. The second-order valence-corrected chi connectivity index (χ2v) is 4.69. The molecular weight excluding hydrogens is 276 g/mol. The van der Waals surface area contributed by atoms with Gasteiger partial charge in [-0.05, 0) is 31.0 Å². The van der Waals surface area contributed by atoms with Crippen molar-refractivity contribution < 1.29 is 13.5 Å². The molecule has 1 fully saturated rings. The molecule has 0 amide bonds. The number of ether oxygens (including phenoxy) is 1. The van der Waals surface area contributed by atoms with Gasteiger partial charge in [-0.1, -0.05) is 11.6 Å². The van der Waals surface area contributed by atoms with E-state index < -0.39 is 6.61 Å². The van der Waals surface area contributed by atoms with Crippen molar-refractivity contribution >= 4 is 17.6 Å². The zero-order valence-corrected chi connectivity index (χ0v) is 10.8. The molecule has 0 aliphatic heterocycles. The predicted octanol–water partition coefficient (Wildman–Crippen LogP) is 2.51. The Morgan fingerprint density at radius 3 is 2.89 bits per heavy atom. The quantitative estimate of drug-likeness (QED) is 0.647. The molecule has 19 heavy (non-hydrogen) atoms. The molecule has 0 bridgehead atoms. The number of halogens is 3. The van der Waals surface area contributed by atoms with Crippen LogP contribution in [0.2, 0.25) is 5.02 Å². The fraction of sp³-hybridized carbons (Fsp3) is 0.417. The number of rotatable bonds is 5. The summed E-state index contributed by atoms with van der Waals surface area (Å²) in [5.74, 6) is 0.354. The standard InChI is InChI=1S/C12H14ClF2N3O/c13-8-1-4-10(19-11(14)15)7(5-8)6-17-12(16)18-9-2-3-9/h1,4-5,9,11H,2-3,6H2,(H3,16,17,18). The number of nitrogens with one attached hydrogen (secondary N) is 1. The van der Waals surface area contributed by atoms with E-state index in [4.69, 9.17) is 17.3 Å². The van der Waals surface area contributed by atoms with Crippen LogP contribution in [0.4, 0.5) is 8.78 Å². The molecule has 1 aliphatic carbocycles. The van der Waals surface area contributed by atoms with Gasteiger partial charge in [0.05, 0.1) is 6.54 Å². The molecule has 7 heteroatoms. The minimum absolute atomic E-state index is 0.0578. The summed E-state index contributed by atoms with van der Waals surface area (Å²) in [6.07, 6.45) is 2.15. The van der Waals surface area contributed by atoms with Crippen LogP contribution in [0, 0.1) is 0 Å². The second kappa shape index (κ2) is 6.06. The van der Waals surface area contributed by atoms with Gasteiger partial charge in [-0.2, -0.15) is 8.78 Å². The van der Waals surface area contributed by atoms with E-state index in [1.54, 1.807) is 0 Å². The monoisotopic (exact) mass is 289 g/mol. The van der Waals surface area contributed by atoms with Crippen LogP contribution in [-0.2, 0) is 6.54 Å². The number of hydrogen-bond donors (Lipinski definition) is 2. The molecule has 0 spiro atoms. The molecule has 4 nitrogen and oxygen atoms in total. The smallest absolute Gasteiger partial charge is 0.387 e. The Hall–Kier alpha value is -1.56. The van der Waals surface area contributed by atoms with Crippen molar-refractivity contribution in [1.82, 2.24) is 5.32 Å². The summed E-state index contributed by atoms with van der Waals surface area (Å²) in [5, 5.41) is 3.44. The highest BCUT2D eigenvalue weighted by atomic mass is 35.5. The topological polar surface area (TPSA) is 59.6 Å². The molecule has 0 radical (unpaired) electrons. The van der Waals surface area contributed by atoms with Crippen molar-refractivity contribution in [2.24, 2.45) is 10.7 Å². The highest BCUT2D eigenvalue weighted by Gasteiger charge is 2.21. The highest BCUT2D eigenvalue weighted by Crippen LogP contribution is 2.25. The van der Waals surface area contributed by atoms with Crippen molar-refractivity contribution in [1.29, 1.82) is 0 Å². The molecule has 1 saturated carbocycles. The van der Waals surface area contributed by atoms with Gasteiger partial charge in [0.15, 0.2) is 5.96 Å². The zero-order chi connectivity index (χ0) is 13.8. The number of alkyl halides is 2. The third-order valence-corrected chi connectivity index (χ3v) is 2.82. The minimum Gasteiger partial charge on any atom is -0.434 e. The summed E-state index contributed by atoms with van der Waals surface area (Å²) in [6, 6.07) is 4.80. The third-order valence-electron chi connectivity index (χ3n) is 2.59. The summed E-state index contributed by atoms with van der Waals surface area (Å²) in [6.45, 7) is -2.75. The predicted molar refractivity (Wildman–Crippen MR) is 69.6 cm³/mol. The zero-order valence-electron chi connectivity index (χ0n) is 10.1. The molecule has 1 aromatic carbocycles. The van der Waals surface area contributed by atoms with Crippen molar-refractivity contribution in [2.75, 3.05) is 0 Å². The summed E-state index contributed by atoms with van der Waals surface area (Å²) >= 11 is 5.82. The van der Waals surface area contributed by atoms with E-state index in [0.717, 1.165) is 12.8 Å². The number of guanidine groups is 1. The maximum atomic E-state index is 12.3. The molecular formula is C12H14ClF2N3O. The van der Waals surface area contributed by atoms with Crippen molar-refractivity contribution in [2.45, 2.75) is 32.0 Å². The van der Waals surface area contributed by atoms with Crippen LogP contribution in [0.25, 0.3) is 0 Å². The van der Waals surface area contributed by atoms with Gasteiger partial charge in [0, 0.05) is 16.6 Å².